The monoisotopic (exact) mass is 373 g/mol. The maximum absolute atomic E-state index is 12.4. The van der Waals surface area contributed by atoms with Gasteiger partial charge in [-0.15, -0.1) is 0 Å². The van der Waals surface area contributed by atoms with Gasteiger partial charge in [0.2, 0.25) is 5.75 Å². The van der Waals surface area contributed by atoms with Crippen molar-refractivity contribution in [2.75, 3.05) is 35.0 Å². The molecule has 0 unspecified atom stereocenters. The molecule has 144 valence electrons. The normalized spacial score (nSPS) is 10.1. The van der Waals surface area contributed by atoms with E-state index in [-0.39, 0.29) is 29.6 Å². The van der Waals surface area contributed by atoms with E-state index in [2.05, 4.69) is 0 Å². The molecule has 0 aliphatic rings. The number of ether oxygens (including phenoxy) is 4. The van der Waals surface area contributed by atoms with Crippen LogP contribution in [0.3, 0.4) is 0 Å². The number of rotatable bonds is 8. The van der Waals surface area contributed by atoms with Crippen molar-refractivity contribution < 1.29 is 28.5 Å². The lowest BCUT2D eigenvalue weighted by molar-refractivity contribution is -0.133. The topological polar surface area (TPSA) is 74.3 Å². The highest BCUT2D eigenvalue weighted by Gasteiger charge is 2.22. The maximum atomic E-state index is 12.4. The van der Waals surface area contributed by atoms with Crippen molar-refractivity contribution in [3.05, 3.63) is 53.6 Å². The zero-order valence-corrected chi connectivity index (χ0v) is 15.9. The largest absolute Gasteiger partial charge is 0.493 e. The minimum absolute atomic E-state index is 0.147. The van der Waals surface area contributed by atoms with Crippen molar-refractivity contribution in [2.45, 2.75) is 6.54 Å². The van der Waals surface area contributed by atoms with E-state index in [1.807, 2.05) is 30.3 Å². The van der Waals surface area contributed by atoms with Crippen molar-refractivity contribution in [3.63, 3.8) is 0 Å². The summed E-state index contributed by atoms with van der Waals surface area (Å²) in [5, 5.41) is 0. The van der Waals surface area contributed by atoms with Crippen LogP contribution in [-0.2, 0) is 16.1 Å². The van der Waals surface area contributed by atoms with Crippen LogP contribution in [0.4, 0.5) is 0 Å². The maximum Gasteiger partial charge on any atom is 0.342 e. The van der Waals surface area contributed by atoms with E-state index in [4.69, 9.17) is 18.9 Å². The quantitative estimate of drug-likeness (QED) is 0.662. The fourth-order valence-electron chi connectivity index (χ4n) is 2.52. The van der Waals surface area contributed by atoms with Crippen LogP contribution >= 0.6 is 0 Å². The standard InChI is InChI=1S/C20H23NO6/c1-21(12-14-8-6-5-7-9-14)17(22)13-27-20(23)15-10-11-16(24-2)19(26-4)18(15)25-3/h5-11H,12-13H2,1-4H3. The molecule has 1 amide bonds. The third kappa shape index (κ3) is 4.91. The minimum Gasteiger partial charge on any atom is -0.493 e. The Balaban J connectivity index is 2.04. The molecule has 0 aliphatic heterocycles. The van der Waals surface area contributed by atoms with E-state index in [0.29, 0.717) is 12.3 Å². The van der Waals surface area contributed by atoms with Crippen LogP contribution in [0.2, 0.25) is 0 Å². The number of amides is 1. The zero-order chi connectivity index (χ0) is 19.8. The lowest BCUT2D eigenvalue weighted by Crippen LogP contribution is -2.30. The molecular weight excluding hydrogens is 350 g/mol. The molecule has 0 atom stereocenters. The molecule has 0 fully saturated rings. The molecule has 0 radical (unpaired) electrons. The first kappa shape index (κ1) is 20.1. The number of nitrogens with zero attached hydrogens (tertiary/aromatic N) is 1. The first-order chi connectivity index (χ1) is 13.0. The van der Waals surface area contributed by atoms with E-state index in [1.165, 1.54) is 32.3 Å². The van der Waals surface area contributed by atoms with Gasteiger partial charge in [-0.1, -0.05) is 30.3 Å². The van der Waals surface area contributed by atoms with Crippen LogP contribution in [0, 0.1) is 0 Å². The Labute approximate surface area is 158 Å². The highest BCUT2D eigenvalue weighted by atomic mass is 16.5. The number of carbonyl (C=O) groups is 2. The number of benzene rings is 2. The van der Waals surface area contributed by atoms with Crippen molar-refractivity contribution >= 4 is 11.9 Å². The Kier molecular flexibility index (Phi) is 7.05. The molecule has 7 nitrogen and oxygen atoms in total. The number of hydrogen-bond acceptors (Lipinski definition) is 6. The molecule has 0 heterocycles. The smallest absolute Gasteiger partial charge is 0.342 e. The number of esters is 1. The van der Waals surface area contributed by atoms with Gasteiger partial charge in [0.25, 0.3) is 5.91 Å². The van der Waals surface area contributed by atoms with Crippen molar-refractivity contribution in [3.8, 4) is 17.2 Å². The highest BCUT2D eigenvalue weighted by Crippen LogP contribution is 2.39. The van der Waals surface area contributed by atoms with Crippen molar-refractivity contribution in [2.24, 2.45) is 0 Å². The summed E-state index contributed by atoms with van der Waals surface area (Å²) in [5.41, 5.74) is 1.13. The van der Waals surface area contributed by atoms with Crippen LogP contribution in [0.5, 0.6) is 17.2 Å². The van der Waals surface area contributed by atoms with Crippen LogP contribution in [-0.4, -0.2) is 51.8 Å². The fourth-order valence-corrected chi connectivity index (χ4v) is 2.52. The number of hydrogen-bond donors (Lipinski definition) is 0. The summed E-state index contributed by atoms with van der Waals surface area (Å²) in [7, 11) is 5.99. The molecule has 2 aromatic rings. The van der Waals surface area contributed by atoms with Gasteiger partial charge in [-0.2, -0.15) is 0 Å². The van der Waals surface area contributed by atoms with Gasteiger partial charge in [-0.25, -0.2) is 4.79 Å². The third-order valence-corrected chi connectivity index (χ3v) is 3.94. The Morgan fingerprint density at radius 1 is 0.889 bits per heavy atom. The third-order valence-electron chi connectivity index (χ3n) is 3.94. The molecule has 0 aliphatic carbocycles. The Morgan fingerprint density at radius 3 is 2.15 bits per heavy atom. The summed E-state index contributed by atoms with van der Waals surface area (Å²) >= 11 is 0. The Bertz CT molecular complexity index is 791. The average molecular weight is 373 g/mol. The Hall–Kier alpha value is -3.22. The van der Waals surface area contributed by atoms with Gasteiger partial charge in [0.1, 0.15) is 5.56 Å². The molecule has 2 rings (SSSR count). The molecule has 2 aromatic carbocycles. The van der Waals surface area contributed by atoms with Gasteiger partial charge in [0.15, 0.2) is 18.1 Å². The molecule has 0 N–H and O–H groups in total. The number of methoxy groups -OCH3 is 3. The summed E-state index contributed by atoms with van der Waals surface area (Å²) in [4.78, 5) is 26.1. The average Bonchev–Trinajstić information content (AvgIpc) is 2.70. The summed E-state index contributed by atoms with van der Waals surface area (Å²) in [6.45, 7) is 0.0522. The summed E-state index contributed by atoms with van der Waals surface area (Å²) < 4.78 is 20.8. The van der Waals surface area contributed by atoms with Crippen LogP contribution in [0.1, 0.15) is 15.9 Å². The minimum atomic E-state index is -0.686. The van der Waals surface area contributed by atoms with Gasteiger partial charge in [0, 0.05) is 13.6 Å². The van der Waals surface area contributed by atoms with Gasteiger partial charge in [-0.3, -0.25) is 4.79 Å². The van der Waals surface area contributed by atoms with E-state index < -0.39 is 5.97 Å². The molecule has 0 saturated carbocycles. The lowest BCUT2D eigenvalue weighted by Gasteiger charge is -2.18. The molecule has 7 heteroatoms. The summed E-state index contributed by atoms with van der Waals surface area (Å²) in [5.74, 6) is -0.112. The van der Waals surface area contributed by atoms with E-state index in [9.17, 15) is 9.59 Å². The van der Waals surface area contributed by atoms with Gasteiger partial charge >= 0.3 is 5.97 Å². The molecule has 0 aromatic heterocycles. The van der Waals surface area contributed by atoms with Crippen LogP contribution in [0.25, 0.3) is 0 Å². The highest BCUT2D eigenvalue weighted by molar-refractivity contribution is 5.95. The lowest BCUT2D eigenvalue weighted by atomic mass is 10.1. The molecule has 27 heavy (non-hydrogen) atoms. The zero-order valence-electron chi connectivity index (χ0n) is 15.9. The van der Waals surface area contributed by atoms with E-state index in [1.54, 1.807) is 13.1 Å². The first-order valence-corrected chi connectivity index (χ1v) is 8.25. The van der Waals surface area contributed by atoms with Crippen molar-refractivity contribution in [1.29, 1.82) is 0 Å². The van der Waals surface area contributed by atoms with Gasteiger partial charge in [-0.05, 0) is 17.7 Å². The molecule has 0 spiro atoms. The van der Waals surface area contributed by atoms with Crippen LogP contribution < -0.4 is 14.2 Å². The molecular formula is C20H23NO6. The Morgan fingerprint density at radius 2 is 1.56 bits per heavy atom. The fraction of sp³-hybridized carbons (Fsp3) is 0.300. The predicted molar refractivity (Wildman–Crippen MR) is 99.3 cm³/mol. The van der Waals surface area contributed by atoms with E-state index in [0.717, 1.165) is 5.56 Å². The van der Waals surface area contributed by atoms with E-state index >= 15 is 0 Å². The second-order valence-electron chi connectivity index (χ2n) is 5.69. The van der Waals surface area contributed by atoms with Crippen LogP contribution in [0.15, 0.2) is 42.5 Å². The number of carbonyl (C=O) groups excluding carboxylic acids is 2. The second kappa shape index (κ2) is 9.47. The summed E-state index contributed by atoms with van der Waals surface area (Å²) in [6.07, 6.45) is 0. The molecule has 0 saturated heterocycles. The van der Waals surface area contributed by atoms with Gasteiger partial charge < -0.3 is 23.8 Å². The summed E-state index contributed by atoms with van der Waals surface area (Å²) in [6, 6.07) is 12.6. The molecule has 0 bridgehead atoms. The first-order valence-electron chi connectivity index (χ1n) is 8.25. The second-order valence-corrected chi connectivity index (χ2v) is 5.69. The SMILES string of the molecule is COc1ccc(C(=O)OCC(=O)N(C)Cc2ccccc2)c(OC)c1OC. The van der Waals surface area contributed by atoms with Crippen molar-refractivity contribution in [1.82, 2.24) is 4.90 Å². The number of likely N-dealkylation sites (N-methyl/N-ethyl adjacent to an activating group) is 1. The predicted octanol–water partition coefficient (Wildman–Crippen LogP) is 2.53. The van der Waals surface area contributed by atoms with Gasteiger partial charge in [0.05, 0.1) is 21.3 Å².